The molecule has 25 heavy (non-hydrogen) atoms. The predicted octanol–water partition coefficient (Wildman–Crippen LogP) is 2.64. The molecule has 134 valence electrons. The highest BCUT2D eigenvalue weighted by Crippen LogP contribution is 2.23. The van der Waals surface area contributed by atoms with Crippen molar-refractivity contribution in [2.45, 2.75) is 25.3 Å². The maximum absolute atomic E-state index is 12.8. The minimum Gasteiger partial charge on any atom is -0.497 e. The van der Waals surface area contributed by atoms with Gasteiger partial charge in [-0.2, -0.15) is 5.10 Å². The van der Waals surface area contributed by atoms with Crippen LogP contribution in [0.25, 0.3) is 11.3 Å². The lowest BCUT2D eigenvalue weighted by Gasteiger charge is -2.23. The number of methoxy groups -OCH3 is 1. The zero-order valence-corrected chi connectivity index (χ0v) is 15.2. The van der Waals surface area contributed by atoms with Crippen molar-refractivity contribution in [2.75, 3.05) is 34.3 Å². The molecule has 1 aromatic heterocycles. The summed E-state index contributed by atoms with van der Waals surface area (Å²) < 4.78 is 5.25. The van der Waals surface area contributed by atoms with Crippen LogP contribution in [-0.2, 0) is 0 Å². The zero-order valence-electron chi connectivity index (χ0n) is 15.2. The first kappa shape index (κ1) is 17.5. The summed E-state index contributed by atoms with van der Waals surface area (Å²) in [5, 5.41) is 7.21. The molecule has 0 spiro atoms. The standard InChI is InChI=1S/C19H26N4O2/c1-22(2)15-7-5-10-23(11-9-15)19(24)18-13-17(20-21-18)14-6-4-8-16(12-14)25-3/h4,6,8,12-13,15H,5,7,9-11H2,1-3H3,(H,20,21). The Hall–Kier alpha value is -2.34. The van der Waals surface area contributed by atoms with Crippen molar-refractivity contribution in [3.05, 3.63) is 36.0 Å². The molecule has 1 atom stereocenters. The van der Waals surface area contributed by atoms with Gasteiger partial charge in [0, 0.05) is 24.7 Å². The number of nitrogens with one attached hydrogen (secondary N) is 1. The van der Waals surface area contributed by atoms with Gasteiger partial charge in [0.2, 0.25) is 0 Å². The SMILES string of the molecule is COc1cccc(-c2cc(C(=O)N3CCCC(N(C)C)CC3)[nH]n2)c1. The van der Waals surface area contributed by atoms with Crippen LogP contribution in [0.15, 0.2) is 30.3 Å². The Bertz CT molecular complexity index is 726. The highest BCUT2D eigenvalue weighted by molar-refractivity contribution is 5.93. The van der Waals surface area contributed by atoms with Gasteiger partial charge in [-0.3, -0.25) is 9.89 Å². The minimum absolute atomic E-state index is 0.0288. The first-order valence-electron chi connectivity index (χ1n) is 8.74. The Morgan fingerprint density at radius 2 is 2.12 bits per heavy atom. The van der Waals surface area contributed by atoms with Crippen LogP contribution in [0.4, 0.5) is 0 Å². The van der Waals surface area contributed by atoms with Gasteiger partial charge < -0.3 is 14.5 Å². The summed E-state index contributed by atoms with van der Waals surface area (Å²) in [7, 11) is 5.86. The van der Waals surface area contributed by atoms with Crippen LogP contribution in [0, 0.1) is 0 Å². The van der Waals surface area contributed by atoms with Crippen molar-refractivity contribution in [2.24, 2.45) is 0 Å². The molecule has 2 heterocycles. The second kappa shape index (κ2) is 7.70. The molecule has 1 unspecified atom stereocenters. The molecule has 0 bridgehead atoms. The average molecular weight is 342 g/mol. The first-order valence-corrected chi connectivity index (χ1v) is 8.74. The average Bonchev–Trinajstić information content (AvgIpc) is 2.98. The highest BCUT2D eigenvalue weighted by atomic mass is 16.5. The van der Waals surface area contributed by atoms with E-state index >= 15 is 0 Å². The van der Waals surface area contributed by atoms with E-state index in [1.54, 1.807) is 7.11 Å². The predicted molar refractivity (Wildman–Crippen MR) is 97.8 cm³/mol. The molecule has 1 fully saturated rings. The summed E-state index contributed by atoms with van der Waals surface area (Å²) in [6.07, 6.45) is 3.18. The Labute approximate surface area is 148 Å². The fraction of sp³-hybridized carbons (Fsp3) is 0.474. The van der Waals surface area contributed by atoms with E-state index in [1.807, 2.05) is 35.2 Å². The van der Waals surface area contributed by atoms with Crippen molar-refractivity contribution >= 4 is 5.91 Å². The van der Waals surface area contributed by atoms with Gasteiger partial charge in [-0.05, 0) is 51.6 Å². The third-order valence-electron chi connectivity index (χ3n) is 4.89. The largest absolute Gasteiger partial charge is 0.497 e. The number of hydrogen-bond donors (Lipinski definition) is 1. The fourth-order valence-corrected chi connectivity index (χ4v) is 3.33. The molecule has 1 amide bonds. The molecule has 0 saturated carbocycles. The van der Waals surface area contributed by atoms with E-state index in [4.69, 9.17) is 4.74 Å². The second-order valence-corrected chi connectivity index (χ2v) is 6.74. The van der Waals surface area contributed by atoms with Crippen LogP contribution in [0.1, 0.15) is 29.8 Å². The van der Waals surface area contributed by atoms with Gasteiger partial charge in [-0.1, -0.05) is 12.1 Å². The molecule has 0 radical (unpaired) electrons. The Morgan fingerprint density at radius 3 is 2.88 bits per heavy atom. The van der Waals surface area contributed by atoms with Crippen molar-refractivity contribution in [1.82, 2.24) is 20.0 Å². The monoisotopic (exact) mass is 342 g/mol. The van der Waals surface area contributed by atoms with Crippen LogP contribution >= 0.6 is 0 Å². The minimum atomic E-state index is 0.0288. The molecular weight excluding hydrogens is 316 g/mol. The number of aromatic nitrogens is 2. The zero-order chi connectivity index (χ0) is 17.8. The van der Waals surface area contributed by atoms with E-state index in [9.17, 15) is 4.79 Å². The summed E-state index contributed by atoms with van der Waals surface area (Å²) in [6.45, 7) is 1.59. The van der Waals surface area contributed by atoms with Crippen molar-refractivity contribution in [3.63, 3.8) is 0 Å². The maximum atomic E-state index is 12.8. The number of carbonyl (C=O) groups is 1. The van der Waals surface area contributed by atoms with Gasteiger partial charge in [0.05, 0.1) is 12.8 Å². The number of rotatable bonds is 4. The Kier molecular flexibility index (Phi) is 5.38. The van der Waals surface area contributed by atoms with Crippen LogP contribution in [0.5, 0.6) is 5.75 Å². The van der Waals surface area contributed by atoms with Crippen LogP contribution < -0.4 is 4.74 Å². The van der Waals surface area contributed by atoms with Gasteiger partial charge in [-0.15, -0.1) is 0 Å². The lowest BCUT2D eigenvalue weighted by molar-refractivity contribution is 0.0752. The molecule has 1 saturated heterocycles. The molecule has 0 aliphatic carbocycles. The number of amides is 1. The highest BCUT2D eigenvalue weighted by Gasteiger charge is 2.23. The summed E-state index contributed by atoms with van der Waals surface area (Å²) in [5.74, 6) is 0.802. The maximum Gasteiger partial charge on any atom is 0.271 e. The number of benzene rings is 1. The number of nitrogens with zero attached hydrogens (tertiary/aromatic N) is 3. The number of hydrogen-bond acceptors (Lipinski definition) is 4. The summed E-state index contributed by atoms with van der Waals surface area (Å²) in [4.78, 5) is 17.0. The van der Waals surface area contributed by atoms with E-state index in [2.05, 4.69) is 29.2 Å². The van der Waals surface area contributed by atoms with E-state index < -0.39 is 0 Å². The first-order chi connectivity index (χ1) is 12.1. The molecule has 1 aliphatic rings. The van der Waals surface area contributed by atoms with E-state index in [1.165, 1.54) is 0 Å². The third kappa shape index (κ3) is 4.02. The van der Waals surface area contributed by atoms with E-state index in [-0.39, 0.29) is 5.91 Å². The van der Waals surface area contributed by atoms with Gasteiger partial charge in [-0.25, -0.2) is 0 Å². The van der Waals surface area contributed by atoms with Gasteiger partial charge in [0.1, 0.15) is 11.4 Å². The van der Waals surface area contributed by atoms with E-state index in [0.29, 0.717) is 11.7 Å². The van der Waals surface area contributed by atoms with Gasteiger partial charge in [0.25, 0.3) is 5.91 Å². The summed E-state index contributed by atoms with van der Waals surface area (Å²) in [5.41, 5.74) is 2.22. The normalized spacial score (nSPS) is 18.2. The molecule has 2 aromatic rings. The van der Waals surface area contributed by atoms with E-state index in [0.717, 1.165) is 49.4 Å². The van der Waals surface area contributed by atoms with Crippen LogP contribution in [0.3, 0.4) is 0 Å². The number of likely N-dealkylation sites (tertiary alicyclic amines) is 1. The molecule has 1 aliphatic heterocycles. The lowest BCUT2D eigenvalue weighted by Crippen LogP contribution is -2.34. The Balaban J connectivity index is 1.72. The van der Waals surface area contributed by atoms with Crippen molar-refractivity contribution in [1.29, 1.82) is 0 Å². The van der Waals surface area contributed by atoms with Crippen LogP contribution in [-0.4, -0.2) is 66.2 Å². The van der Waals surface area contributed by atoms with Crippen molar-refractivity contribution < 1.29 is 9.53 Å². The van der Waals surface area contributed by atoms with Gasteiger partial charge >= 0.3 is 0 Å². The summed E-state index contributed by atoms with van der Waals surface area (Å²) in [6, 6.07) is 10.1. The molecule has 3 rings (SSSR count). The Morgan fingerprint density at radius 1 is 1.28 bits per heavy atom. The lowest BCUT2D eigenvalue weighted by atomic mass is 10.1. The number of H-pyrrole nitrogens is 1. The molecule has 1 aromatic carbocycles. The molecule has 6 heteroatoms. The summed E-state index contributed by atoms with van der Waals surface area (Å²) >= 11 is 0. The smallest absolute Gasteiger partial charge is 0.271 e. The van der Waals surface area contributed by atoms with Crippen LogP contribution in [0.2, 0.25) is 0 Å². The second-order valence-electron chi connectivity index (χ2n) is 6.74. The number of aromatic amines is 1. The fourth-order valence-electron chi connectivity index (χ4n) is 3.33. The number of carbonyl (C=O) groups excluding carboxylic acids is 1. The molecule has 6 nitrogen and oxygen atoms in total. The van der Waals surface area contributed by atoms with Gasteiger partial charge in [0.15, 0.2) is 0 Å². The molecule has 1 N–H and O–H groups in total. The molecular formula is C19H26N4O2. The number of ether oxygens (including phenoxy) is 1. The quantitative estimate of drug-likeness (QED) is 0.928. The topological polar surface area (TPSA) is 61.5 Å². The third-order valence-corrected chi connectivity index (χ3v) is 4.89. The van der Waals surface area contributed by atoms with Crippen molar-refractivity contribution in [3.8, 4) is 17.0 Å².